The van der Waals surface area contributed by atoms with Crippen LogP contribution in [-0.4, -0.2) is 20.8 Å². The molecule has 25 heavy (non-hydrogen) atoms. The van der Waals surface area contributed by atoms with Crippen molar-refractivity contribution in [1.29, 1.82) is 0 Å². The molecule has 0 saturated carbocycles. The van der Waals surface area contributed by atoms with Crippen LogP contribution in [0.25, 0.3) is 22.2 Å². The molecule has 4 rings (SSSR count). The van der Waals surface area contributed by atoms with E-state index in [-0.39, 0.29) is 0 Å². The third kappa shape index (κ3) is 3.08. The van der Waals surface area contributed by atoms with Crippen LogP contribution in [0.1, 0.15) is 11.3 Å². The average Bonchev–Trinajstić information content (AvgIpc) is 3.17. The van der Waals surface area contributed by atoms with Gasteiger partial charge in [-0.15, -0.1) is 0 Å². The first-order valence-corrected chi connectivity index (χ1v) is 8.41. The zero-order valence-electron chi connectivity index (χ0n) is 13.4. The molecule has 2 heterocycles. The van der Waals surface area contributed by atoms with Gasteiger partial charge in [0.2, 0.25) is 0 Å². The van der Waals surface area contributed by atoms with E-state index in [2.05, 4.69) is 25.6 Å². The smallest absolute Gasteiger partial charge is 0.121 e. The first-order valence-electron chi connectivity index (χ1n) is 7.68. The third-order valence-electron chi connectivity index (χ3n) is 3.81. The van der Waals surface area contributed by atoms with Crippen molar-refractivity contribution >= 4 is 22.8 Å². The average molecular weight is 343 g/mol. The Bertz CT molecular complexity index is 1080. The van der Waals surface area contributed by atoms with Gasteiger partial charge in [0.05, 0.1) is 24.4 Å². The van der Waals surface area contributed by atoms with Crippen molar-refractivity contribution in [2.75, 3.05) is 7.11 Å². The fourth-order valence-corrected chi connectivity index (χ4v) is 3.11. The summed E-state index contributed by atoms with van der Waals surface area (Å²) in [4.78, 5) is 4.22. The Balaban J connectivity index is 1.78. The van der Waals surface area contributed by atoms with Gasteiger partial charge in [0.1, 0.15) is 22.5 Å². The molecule has 5 heteroatoms. The number of aromatic nitrogens is 3. The molecule has 0 unspecified atom stereocenters. The van der Waals surface area contributed by atoms with Crippen LogP contribution < -0.4 is 4.74 Å². The van der Waals surface area contributed by atoms with E-state index in [1.54, 1.807) is 13.3 Å². The van der Waals surface area contributed by atoms with Gasteiger partial charge in [-0.3, -0.25) is 0 Å². The number of nitrogens with zero attached hydrogens (tertiary/aromatic N) is 3. The maximum absolute atomic E-state index is 5.22. The third-order valence-corrected chi connectivity index (χ3v) is 4.34. The molecule has 0 aliphatic carbocycles. The Morgan fingerprint density at radius 1 is 0.880 bits per heavy atom. The monoisotopic (exact) mass is 343 g/mol. The summed E-state index contributed by atoms with van der Waals surface area (Å²) >= 11 is 1.20. The molecular weight excluding hydrogens is 330 g/mol. The number of fused-ring (bicyclic) bond motifs is 1. The van der Waals surface area contributed by atoms with Gasteiger partial charge < -0.3 is 4.74 Å². The topological polar surface area (TPSA) is 47.9 Å². The van der Waals surface area contributed by atoms with Crippen LogP contribution in [0, 0.1) is 11.8 Å². The molecule has 4 aromatic rings. The highest BCUT2D eigenvalue weighted by Crippen LogP contribution is 2.30. The zero-order valence-corrected chi connectivity index (χ0v) is 14.2. The van der Waals surface area contributed by atoms with Crippen LogP contribution >= 0.6 is 11.7 Å². The standard InChI is InChI=1S/C20H13N3OS/c1-24-17-10-6-14(7-11-17)18-12-8-15(19-20(18)23-25-22-19)5-9-16-4-2-3-13-21-16/h2-4,6-8,10-13H,1H3. The maximum atomic E-state index is 5.22. The van der Waals surface area contributed by atoms with E-state index < -0.39 is 0 Å². The minimum atomic E-state index is 0.734. The number of methoxy groups -OCH3 is 1. The Kier molecular flexibility index (Phi) is 4.11. The quantitative estimate of drug-likeness (QED) is 0.513. The summed E-state index contributed by atoms with van der Waals surface area (Å²) in [6.45, 7) is 0. The molecule has 120 valence electrons. The van der Waals surface area contributed by atoms with Crippen molar-refractivity contribution in [3.63, 3.8) is 0 Å². The molecule has 0 spiro atoms. The molecule has 0 amide bonds. The summed E-state index contributed by atoms with van der Waals surface area (Å²) in [5.41, 5.74) is 5.38. The predicted molar refractivity (Wildman–Crippen MR) is 99.6 cm³/mol. The van der Waals surface area contributed by atoms with E-state index in [0.29, 0.717) is 0 Å². The highest BCUT2D eigenvalue weighted by atomic mass is 32.1. The molecule has 4 nitrogen and oxygen atoms in total. The van der Waals surface area contributed by atoms with Crippen molar-refractivity contribution in [1.82, 2.24) is 13.7 Å². The van der Waals surface area contributed by atoms with Gasteiger partial charge in [0, 0.05) is 11.8 Å². The number of benzene rings is 2. The van der Waals surface area contributed by atoms with E-state index in [9.17, 15) is 0 Å². The summed E-state index contributed by atoms with van der Waals surface area (Å²) in [7, 11) is 1.66. The van der Waals surface area contributed by atoms with Gasteiger partial charge >= 0.3 is 0 Å². The van der Waals surface area contributed by atoms with Gasteiger partial charge in [0.15, 0.2) is 0 Å². The Morgan fingerprint density at radius 2 is 1.72 bits per heavy atom. The summed E-state index contributed by atoms with van der Waals surface area (Å²) in [6.07, 6.45) is 1.73. The minimum Gasteiger partial charge on any atom is -0.497 e. The van der Waals surface area contributed by atoms with E-state index in [1.165, 1.54) is 11.7 Å². The maximum Gasteiger partial charge on any atom is 0.121 e. The highest BCUT2D eigenvalue weighted by Gasteiger charge is 2.11. The molecule has 0 aliphatic rings. The lowest BCUT2D eigenvalue weighted by atomic mass is 10.0. The van der Waals surface area contributed by atoms with E-state index in [4.69, 9.17) is 4.74 Å². The van der Waals surface area contributed by atoms with E-state index in [1.807, 2.05) is 54.6 Å². The first kappa shape index (κ1) is 15.3. The van der Waals surface area contributed by atoms with E-state index >= 15 is 0 Å². The van der Waals surface area contributed by atoms with Gasteiger partial charge in [-0.25, -0.2) is 4.98 Å². The van der Waals surface area contributed by atoms with Crippen molar-refractivity contribution in [2.24, 2.45) is 0 Å². The highest BCUT2D eigenvalue weighted by molar-refractivity contribution is 7.00. The second kappa shape index (κ2) is 6.71. The molecule has 2 aromatic heterocycles. The lowest BCUT2D eigenvalue weighted by molar-refractivity contribution is 0.415. The van der Waals surface area contributed by atoms with Crippen LogP contribution in [0.15, 0.2) is 60.8 Å². The van der Waals surface area contributed by atoms with Crippen LogP contribution in [0.3, 0.4) is 0 Å². The molecule has 0 N–H and O–H groups in total. The summed E-state index contributed by atoms with van der Waals surface area (Å²) in [5.74, 6) is 7.06. The summed E-state index contributed by atoms with van der Waals surface area (Å²) in [6, 6.07) is 17.6. The Labute approximate surface area is 149 Å². The first-order chi connectivity index (χ1) is 12.3. The lowest BCUT2D eigenvalue weighted by Gasteiger charge is -2.05. The minimum absolute atomic E-state index is 0.734. The zero-order chi connectivity index (χ0) is 17.1. The Hall–Kier alpha value is -3.23. The molecule has 0 saturated heterocycles. The fourth-order valence-electron chi connectivity index (χ4n) is 2.54. The molecule has 0 atom stereocenters. The van der Waals surface area contributed by atoms with Crippen molar-refractivity contribution in [2.45, 2.75) is 0 Å². The number of hydrogen-bond acceptors (Lipinski definition) is 5. The van der Waals surface area contributed by atoms with Gasteiger partial charge in [0.25, 0.3) is 0 Å². The molecule has 0 fully saturated rings. The van der Waals surface area contributed by atoms with Gasteiger partial charge in [-0.1, -0.05) is 30.2 Å². The molecular formula is C20H13N3OS. The number of rotatable bonds is 2. The molecule has 0 radical (unpaired) electrons. The second-order valence-electron chi connectivity index (χ2n) is 5.32. The van der Waals surface area contributed by atoms with Crippen LogP contribution in [0.2, 0.25) is 0 Å². The van der Waals surface area contributed by atoms with Crippen molar-refractivity contribution < 1.29 is 4.74 Å². The second-order valence-corrected chi connectivity index (χ2v) is 5.84. The van der Waals surface area contributed by atoms with Crippen LogP contribution in [0.4, 0.5) is 0 Å². The SMILES string of the molecule is COc1ccc(-c2ccc(C#Cc3ccccn3)c3nsnc23)cc1. The summed E-state index contributed by atoms with van der Waals surface area (Å²) < 4.78 is 14.1. The lowest BCUT2D eigenvalue weighted by Crippen LogP contribution is -1.87. The summed E-state index contributed by atoms with van der Waals surface area (Å²) in [5, 5.41) is 0. The van der Waals surface area contributed by atoms with Gasteiger partial charge in [-0.2, -0.15) is 8.75 Å². The largest absolute Gasteiger partial charge is 0.497 e. The number of pyridine rings is 1. The fraction of sp³-hybridized carbons (Fsp3) is 0.0500. The predicted octanol–water partition coefficient (Wildman–Crippen LogP) is 4.16. The molecule has 0 bridgehead atoms. The van der Waals surface area contributed by atoms with Gasteiger partial charge in [-0.05, 0) is 41.8 Å². The molecule has 0 aliphatic heterocycles. The van der Waals surface area contributed by atoms with Crippen LogP contribution in [0.5, 0.6) is 5.75 Å². The Morgan fingerprint density at radius 3 is 2.48 bits per heavy atom. The van der Waals surface area contributed by atoms with Crippen LogP contribution in [-0.2, 0) is 0 Å². The number of hydrogen-bond donors (Lipinski definition) is 0. The number of ether oxygens (including phenoxy) is 1. The van der Waals surface area contributed by atoms with Crippen molar-refractivity contribution in [3.8, 4) is 28.7 Å². The van der Waals surface area contributed by atoms with E-state index in [0.717, 1.165) is 39.2 Å². The molecule has 2 aromatic carbocycles. The van der Waals surface area contributed by atoms with Crippen molar-refractivity contribution in [3.05, 3.63) is 72.1 Å². The normalized spacial score (nSPS) is 10.3.